The second-order valence-electron chi connectivity index (χ2n) is 8.07. The zero-order chi connectivity index (χ0) is 22.7. The average Bonchev–Trinajstić information content (AvgIpc) is 2.73. The minimum Gasteiger partial charge on any atom is -0.494 e. The number of rotatable bonds is 10. The summed E-state index contributed by atoms with van der Waals surface area (Å²) in [6, 6.07) is 15.6. The first-order valence-corrected chi connectivity index (χ1v) is 10.3. The van der Waals surface area contributed by atoms with Gasteiger partial charge >= 0.3 is 12.1 Å². The van der Waals surface area contributed by atoms with Crippen molar-refractivity contribution >= 4 is 12.1 Å². The van der Waals surface area contributed by atoms with Gasteiger partial charge in [0.1, 0.15) is 24.0 Å². The van der Waals surface area contributed by atoms with Gasteiger partial charge in [-0.1, -0.05) is 42.5 Å². The minimum atomic E-state index is -0.899. The van der Waals surface area contributed by atoms with E-state index in [0.717, 1.165) is 11.1 Å². The molecule has 0 spiro atoms. The van der Waals surface area contributed by atoms with Crippen LogP contribution in [-0.2, 0) is 27.3 Å². The van der Waals surface area contributed by atoms with Crippen LogP contribution in [0.4, 0.5) is 4.79 Å². The van der Waals surface area contributed by atoms with Gasteiger partial charge in [0.05, 0.1) is 6.61 Å². The van der Waals surface area contributed by atoms with E-state index in [1.807, 2.05) is 42.5 Å². The molecule has 0 aromatic heterocycles. The van der Waals surface area contributed by atoms with E-state index in [4.69, 9.17) is 19.3 Å². The van der Waals surface area contributed by atoms with E-state index >= 15 is 0 Å². The Hall–Kier alpha value is -3.06. The van der Waals surface area contributed by atoms with Crippen LogP contribution < -0.4 is 10.1 Å². The van der Waals surface area contributed by atoms with Crippen LogP contribution in [0.2, 0.25) is 0 Å². The molecule has 1 atom stereocenters. The number of benzene rings is 2. The van der Waals surface area contributed by atoms with Crippen molar-refractivity contribution in [2.45, 2.75) is 51.9 Å². The van der Waals surface area contributed by atoms with Crippen molar-refractivity contribution in [3.05, 3.63) is 65.7 Å². The number of carbonyl (C=O) groups is 2. The molecule has 168 valence electrons. The van der Waals surface area contributed by atoms with E-state index in [0.29, 0.717) is 18.8 Å². The number of esters is 1. The predicted octanol–water partition coefficient (Wildman–Crippen LogP) is 3.63. The fourth-order valence-electron chi connectivity index (χ4n) is 2.69. The van der Waals surface area contributed by atoms with Crippen molar-refractivity contribution in [2.24, 2.45) is 0 Å². The molecule has 0 unspecified atom stereocenters. The summed E-state index contributed by atoms with van der Waals surface area (Å²) in [6.45, 7) is 5.91. The van der Waals surface area contributed by atoms with Gasteiger partial charge in [0, 0.05) is 19.4 Å². The SMILES string of the molecule is CC(C)(C)OC(=O)[C@H](Cc1ccc(OCCCO)cc1)NC(=O)OCc1ccccc1. The highest BCUT2D eigenvalue weighted by atomic mass is 16.6. The predicted molar refractivity (Wildman–Crippen MR) is 117 cm³/mol. The molecule has 7 nitrogen and oxygen atoms in total. The number of hydrogen-bond acceptors (Lipinski definition) is 6. The lowest BCUT2D eigenvalue weighted by atomic mass is 10.1. The molecule has 2 N–H and O–H groups in total. The molecule has 0 saturated heterocycles. The first-order chi connectivity index (χ1) is 14.8. The number of ether oxygens (including phenoxy) is 3. The lowest BCUT2D eigenvalue weighted by molar-refractivity contribution is -0.157. The van der Waals surface area contributed by atoms with Crippen LogP contribution >= 0.6 is 0 Å². The lowest BCUT2D eigenvalue weighted by Gasteiger charge is -2.24. The second kappa shape index (κ2) is 12.0. The van der Waals surface area contributed by atoms with Gasteiger partial charge in [0.25, 0.3) is 0 Å². The molecule has 31 heavy (non-hydrogen) atoms. The molecule has 0 saturated carbocycles. The molecule has 7 heteroatoms. The third-order valence-corrected chi connectivity index (χ3v) is 4.13. The third-order valence-electron chi connectivity index (χ3n) is 4.13. The molecule has 0 fully saturated rings. The topological polar surface area (TPSA) is 94.1 Å². The largest absolute Gasteiger partial charge is 0.494 e. The lowest BCUT2D eigenvalue weighted by Crippen LogP contribution is -2.45. The Morgan fingerprint density at radius 1 is 1.00 bits per heavy atom. The molecule has 0 heterocycles. The number of carbonyl (C=O) groups excluding carboxylic acids is 2. The Labute approximate surface area is 183 Å². The normalized spacial score (nSPS) is 12.0. The quantitative estimate of drug-likeness (QED) is 0.443. The molecule has 0 radical (unpaired) electrons. The van der Waals surface area contributed by atoms with E-state index in [2.05, 4.69) is 5.32 Å². The van der Waals surface area contributed by atoms with Crippen molar-refractivity contribution in [1.82, 2.24) is 5.32 Å². The van der Waals surface area contributed by atoms with Crippen molar-refractivity contribution < 1.29 is 28.9 Å². The van der Waals surface area contributed by atoms with Crippen LogP contribution in [-0.4, -0.2) is 42.0 Å². The van der Waals surface area contributed by atoms with Gasteiger partial charge in [-0.05, 0) is 44.0 Å². The fourth-order valence-corrected chi connectivity index (χ4v) is 2.69. The summed E-state index contributed by atoms with van der Waals surface area (Å²) in [5, 5.41) is 11.4. The van der Waals surface area contributed by atoms with Crippen molar-refractivity contribution in [2.75, 3.05) is 13.2 Å². The maximum atomic E-state index is 12.7. The second-order valence-corrected chi connectivity index (χ2v) is 8.07. The van der Waals surface area contributed by atoms with Gasteiger partial charge in [-0.25, -0.2) is 9.59 Å². The van der Waals surface area contributed by atoms with Crippen LogP contribution in [0.25, 0.3) is 0 Å². The highest BCUT2D eigenvalue weighted by molar-refractivity contribution is 5.82. The van der Waals surface area contributed by atoms with Crippen LogP contribution in [0.1, 0.15) is 38.3 Å². The first-order valence-electron chi connectivity index (χ1n) is 10.3. The Kier molecular flexibility index (Phi) is 9.34. The zero-order valence-corrected chi connectivity index (χ0v) is 18.3. The highest BCUT2D eigenvalue weighted by Crippen LogP contribution is 2.16. The van der Waals surface area contributed by atoms with E-state index in [9.17, 15) is 9.59 Å². The van der Waals surface area contributed by atoms with Crippen LogP contribution in [0.3, 0.4) is 0 Å². The monoisotopic (exact) mass is 429 g/mol. The minimum absolute atomic E-state index is 0.0711. The zero-order valence-electron chi connectivity index (χ0n) is 18.3. The van der Waals surface area contributed by atoms with Gasteiger partial charge < -0.3 is 24.6 Å². The maximum Gasteiger partial charge on any atom is 0.408 e. The van der Waals surface area contributed by atoms with E-state index < -0.39 is 23.7 Å². The Morgan fingerprint density at radius 2 is 1.68 bits per heavy atom. The Balaban J connectivity index is 2.00. The number of alkyl carbamates (subject to hydrolysis) is 1. The Morgan fingerprint density at radius 3 is 2.29 bits per heavy atom. The number of amides is 1. The standard InChI is InChI=1S/C24H31NO6/c1-24(2,3)31-22(27)21(25-23(28)30-17-19-8-5-4-6-9-19)16-18-10-12-20(13-11-18)29-15-7-14-26/h4-6,8-13,21,26H,7,14-17H2,1-3H3,(H,25,28)/t21-/m0/s1. The van der Waals surface area contributed by atoms with Gasteiger partial charge in [0.2, 0.25) is 0 Å². The summed E-state index contributed by atoms with van der Waals surface area (Å²) < 4.78 is 16.2. The summed E-state index contributed by atoms with van der Waals surface area (Å²) in [6.07, 6.45) is 0.104. The summed E-state index contributed by atoms with van der Waals surface area (Å²) in [5.41, 5.74) is 0.993. The molecule has 0 aliphatic rings. The van der Waals surface area contributed by atoms with Crippen molar-refractivity contribution in [3.63, 3.8) is 0 Å². The van der Waals surface area contributed by atoms with Gasteiger partial charge in [-0.2, -0.15) is 0 Å². The van der Waals surface area contributed by atoms with Crippen LogP contribution in [0, 0.1) is 0 Å². The van der Waals surface area contributed by atoms with Gasteiger partial charge in [-0.15, -0.1) is 0 Å². The number of nitrogens with one attached hydrogen (secondary N) is 1. The smallest absolute Gasteiger partial charge is 0.408 e. The van der Waals surface area contributed by atoms with Crippen LogP contribution in [0.15, 0.2) is 54.6 Å². The number of hydrogen-bond donors (Lipinski definition) is 2. The molecule has 0 aliphatic heterocycles. The fraction of sp³-hybridized carbons (Fsp3) is 0.417. The van der Waals surface area contributed by atoms with Crippen LogP contribution in [0.5, 0.6) is 5.75 Å². The summed E-state index contributed by atoms with van der Waals surface area (Å²) in [7, 11) is 0. The van der Waals surface area contributed by atoms with Gasteiger partial charge in [0.15, 0.2) is 0 Å². The maximum absolute atomic E-state index is 12.7. The van der Waals surface area contributed by atoms with Gasteiger partial charge in [-0.3, -0.25) is 0 Å². The third kappa shape index (κ3) is 9.53. The molecule has 2 aromatic rings. The summed E-state index contributed by atoms with van der Waals surface area (Å²) in [4.78, 5) is 25.0. The van der Waals surface area contributed by atoms with E-state index in [-0.39, 0.29) is 19.6 Å². The molecule has 2 aromatic carbocycles. The first kappa shape index (κ1) is 24.2. The molecule has 1 amide bonds. The molecular formula is C24H31NO6. The Bertz CT molecular complexity index is 814. The van der Waals surface area contributed by atoms with Crippen molar-refractivity contribution in [1.29, 1.82) is 0 Å². The highest BCUT2D eigenvalue weighted by Gasteiger charge is 2.27. The number of aliphatic hydroxyl groups is 1. The molecular weight excluding hydrogens is 398 g/mol. The molecule has 0 aliphatic carbocycles. The van der Waals surface area contributed by atoms with E-state index in [1.54, 1.807) is 32.9 Å². The summed E-state index contributed by atoms with van der Waals surface area (Å²) in [5.74, 6) is 0.133. The van der Waals surface area contributed by atoms with Crippen molar-refractivity contribution in [3.8, 4) is 5.75 Å². The molecule has 2 rings (SSSR count). The number of aliphatic hydroxyl groups excluding tert-OH is 1. The van der Waals surface area contributed by atoms with E-state index in [1.165, 1.54) is 0 Å². The molecule has 0 bridgehead atoms. The summed E-state index contributed by atoms with van der Waals surface area (Å²) >= 11 is 0. The average molecular weight is 430 g/mol.